The number of sulfonamides is 1. The van der Waals surface area contributed by atoms with Crippen molar-refractivity contribution in [3.05, 3.63) is 29.8 Å². The third-order valence-corrected chi connectivity index (χ3v) is 7.07. The standard InChI is InChI=1S/C18H26N2O3S/c1-18(10-3-4-11-18)19-17(21)15-8-7-9-16(14-15)24(22,23)20-12-5-2-6-13-20/h7-9,14H,2-6,10-13H2,1H3,(H,19,21). The van der Waals surface area contributed by atoms with Crippen LogP contribution in [-0.4, -0.2) is 37.3 Å². The molecule has 24 heavy (non-hydrogen) atoms. The highest BCUT2D eigenvalue weighted by molar-refractivity contribution is 7.89. The molecule has 6 heteroatoms. The molecule has 1 amide bonds. The van der Waals surface area contributed by atoms with Gasteiger partial charge in [0.15, 0.2) is 0 Å². The van der Waals surface area contributed by atoms with Crippen LogP contribution in [0.2, 0.25) is 0 Å². The second-order valence-electron chi connectivity index (χ2n) is 7.21. The van der Waals surface area contributed by atoms with Gasteiger partial charge >= 0.3 is 0 Å². The molecule has 5 nitrogen and oxygen atoms in total. The Labute approximate surface area is 144 Å². The van der Waals surface area contributed by atoms with E-state index in [1.54, 1.807) is 18.2 Å². The molecular formula is C18H26N2O3S. The van der Waals surface area contributed by atoms with E-state index in [4.69, 9.17) is 0 Å². The number of carbonyl (C=O) groups is 1. The van der Waals surface area contributed by atoms with Gasteiger partial charge < -0.3 is 5.32 Å². The summed E-state index contributed by atoms with van der Waals surface area (Å²) >= 11 is 0. The highest BCUT2D eigenvalue weighted by Crippen LogP contribution is 2.29. The van der Waals surface area contributed by atoms with E-state index in [0.29, 0.717) is 18.7 Å². The maximum atomic E-state index is 12.8. The summed E-state index contributed by atoms with van der Waals surface area (Å²) in [5.41, 5.74) is 0.250. The Morgan fingerprint density at radius 3 is 2.42 bits per heavy atom. The van der Waals surface area contributed by atoms with Crippen molar-refractivity contribution >= 4 is 15.9 Å². The largest absolute Gasteiger partial charge is 0.347 e. The van der Waals surface area contributed by atoms with E-state index in [2.05, 4.69) is 12.2 Å². The number of carbonyl (C=O) groups excluding carboxylic acids is 1. The Kier molecular flexibility index (Phi) is 4.97. The first-order chi connectivity index (χ1) is 11.4. The Morgan fingerprint density at radius 1 is 1.08 bits per heavy atom. The van der Waals surface area contributed by atoms with Gasteiger partial charge in [-0.3, -0.25) is 4.79 Å². The molecule has 1 N–H and O–H groups in total. The average molecular weight is 350 g/mol. The summed E-state index contributed by atoms with van der Waals surface area (Å²) in [7, 11) is -3.51. The lowest BCUT2D eigenvalue weighted by atomic mass is 10.00. The molecule has 1 aromatic carbocycles. The molecule has 1 saturated heterocycles. The van der Waals surface area contributed by atoms with Gasteiger partial charge in [-0.1, -0.05) is 25.3 Å². The van der Waals surface area contributed by atoms with E-state index in [1.165, 1.54) is 10.4 Å². The minimum Gasteiger partial charge on any atom is -0.347 e. The second kappa shape index (κ2) is 6.84. The molecule has 2 aliphatic rings. The van der Waals surface area contributed by atoms with Crippen LogP contribution in [0.15, 0.2) is 29.2 Å². The zero-order valence-electron chi connectivity index (χ0n) is 14.3. The predicted octanol–water partition coefficient (Wildman–Crippen LogP) is 2.92. The first-order valence-electron chi connectivity index (χ1n) is 8.84. The molecule has 1 aliphatic heterocycles. The fraction of sp³-hybridized carbons (Fsp3) is 0.611. The third-order valence-electron chi connectivity index (χ3n) is 5.17. The number of amides is 1. The summed E-state index contributed by atoms with van der Waals surface area (Å²) in [4.78, 5) is 12.8. The van der Waals surface area contributed by atoms with Crippen LogP contribution in [-0.2, 0) is 10.0 Å². The van der Waals surface area contributed by atoms with Crippen molar-refractivity contribution in [1.29, 1.82) is 0 Å². The molecule has 1 saturated carbocycles. The SMILES string of the molecule is CC1(NC(=O)c2cccc(S(=O)(=O)N3CCCCC3)c2)CCCC1. The van der Waals surface area contributed by atoms with Gasteiger partial charge in [-0.2, -0.15) is 4.31 Å². The van der Waals surface area contributed by atoms with Crippen LogP contribution in [0.25, 0.3) is 0 Å². The van der Waals surface area contributed by atoms with E-state index in [0.717, 1.165) is 44.9 Å². The first kappa shape index (κ1) is 17.4. The lowest BCUT2D eigenvalue weighted by Crippen LogP contribution is -2.43. The normalized spacial score (nSPS) is 21.5. The summed E-state index contributed by atoms with van der Waals surface area (Å²) in [5, 5.41) is 3.08. The molecule has 2 fully saturated rings. The number of benzene rings is 1. The number of nitrogens with one attached hydrogen (secondary N) is 1. The highest BCUT2D eigenvalue weighted by atomic mass is 32.2. The van der Waals surface area contributed by atoms with Gasteiger partial charge in [0, 0.05) is 24.2 Å². The minimum atomic E-state index is -3.51. The van der Waals surface area contributed by atoms with E-state index >= 15 is 0 Å². The lowest BCUT2D eigenvalue weighted by molar-refractivity contribution is 0.0908. The van der Waals surface area contributed by atoms with Crippen LogP contribution in [0.4, 0.5) is 0 Å². The van der Waals surface area contributed by atoms with E-state index in [-0.39, 0.29) is 16.3 Å². The fourth-order valence-electron chi connectivity index (χ4n) is 3.68. The molecule has 0 atom stereocenters. The Balaban J connectivity index is 1.79. The van der Waals surface area contributed by atoms with Crippen LogP contribution < -0.4 is 5.32 Å². The third kappa shape index (κ3) is 3.64. The quantitative estimate of drug-likeness (QED) is 0.908. The molecular weight excluding hydrogens is 324 g/mol. The van der Waals surface area contributed by atoms with Gasteiger partial charge in [0.2, 0.25) is 10.0 Å². The van der Waals surface area contributed by atoms with Crippen molar-refractivity contribution in [2.24, 2.45) is 0 Å². The van der Waals surface area contributed by atoms with Crippen LogP contribution in [0, 0.1) is 0 Å². The monoisotopic (exact) mass is 350 g/mol. The van der Waals surface area contributed by atoms with Crippen molar-refractivity contribution in [1.82, 2.24) is 9.62 Å². The number of hydrogen-bond donors (Lipinski definition) is 1. The zero-order chi connectivity index (χ0) is 17.2. The molecule has 0 spiro atoms. The van der Waals surface area contributed by atoms with Gasteiger partial charge in [0.05, 0.1) is 4.90 Å². The first-order valence-corrected chi connectivity index (χ1v) is 10.3. The molecule has 0 bridgehead atoms. The van der Waals surface area contributed by atoms with Gasteiger partial charge in [0.25, 0.3) is 5.91 Å². The van der Waals surface area contributed by atoms with Crippen molar-refractivity contribution in [3.8, 4) is 0 Å². The highest BCUT2D eigenvalue weighted by Gasteiger charge is 2.31. The smallest absolute Gasteiger partial charge is 0.251 e. The zero-order valence-corrected chi connectivity index (χ0v) is 15.1. The molecule has 1 aromatic rings. The number of hydrogen-bond acceptors (Lipinski definition) is 3. The van der Waals surface area contributed by atoms with Crippen LogP contribution in [0.1, 0.15) is 62.2 Å². The second-order valence-corrected chi connectivity index (χ2v) is 9.15. The molecule has 0 aromatic heterocycles. The molecule has 0 radical (unpaired) electrons. The maximum absolute atomic E-state index is 12.8. The summed E-state index contributed by atoms with van der Waals surface area (Å²) in [5.74, 6) is -0.185. The summed E-state index contributed by atoms with van der Waals surface area (Å²) in [6, 6.07) is 6.43. The molecule has 3 rings (SSSR count). The minimum absolute atomic E-state index is 0.168. The Hall–Kier alpha value is -1.40. The van der Waals surface area contributed by atoms with Gasteiger partial charge in [-0.25, -0.2) is 8.42 Å². The average Bonchev–Trinajstić information content (AvgIpc) is 3.02. The van der Waals surface area contributed by atoms with Crippen molar-refractivity contribution < 1.29 is 13.2 Å². The van der Waals surface area contributed by atoms with Crippen molar-refractivity contribution in [2.45, 2.75) is 62.3 Å². The lowest BCUT2D eigenvalue weighted by Gasteiger charge is -2.27. The molecule has 132 valence electrons. The predicted molar refractivity (Wildman–Crippen MR) is 93.4 cm³/mol. The van der Waals surface area contributed by atoms with Gasteiger partial charge in [-0.15, -0.1) is 0 Å². The maximum Gasteiger partial charge on any atom is 0.251 e. The summed E-state index contributed by atoms with van der Waals surface area (Å²) in [6.07, 6.45) is 7.08. The van der Waals surface area contributed by atoms with Crippen molar-refractivity contribution in [2.75, 3.05) is 13.1 Å². The van der Waals surface area contributed by atoms with E-state index in [9.17, 15) is 13.2 Å². The van der Waals surface area contributed by atoms with E-state index < -0.39 is 10.0 Å². The van der Waals surface area contributed by atoms with Gasteiger partial charge in [-0.05, 0) is 50.8 Å². The Morgan fingerprint density at radius 2 is 1.75 bits per heavy atom. The fourth-order valence-corrected chi connectivity index (χ4v) is 5.24. The number of rotatable bonds is 4. The van der Waals surface area contributed by atoms with Gasteiger partial charge in [0.1, 0.15) is 0 Å². The number of piperidine rings is 1. The van der Waals surface area contributed by atoms with Crippen LogP contribution in [0.5, 0.6) is 0 Å². The topological polar surface area (TPSA) is 66.5 Å². The van der Waals surface area contributed by atoms with Crippen molar-refractivity contribution in [3.63, 3.8) is 0 Å². The molecule has 1 heterocycles. The summed E-state index contributed by atoms with van der Waals surface area (Å²) < 4.78 is 27.1. The van der Waals surface area contributed by atoms with E-state index in [1.807, 2.05) is 0 Å². The van der Waals surface area contributed by atoms with Crippen LogP contribution >= 0.6 is 0 Å². The Bertz CT molecular complexity index is 703. The summed E-state index contributed by atoms with van der Waals surface area (Å²) in [6.45, 7) is 3.19. The van der Waals surface area contributed by atoms with Crippen LogP contribution in [0.3, 0.4) is 0 Å². The number of nitrogens with zero attached hydrogens (tertiary/aromatic N) is 1. The molecule has 0 unspecified atom stereocenters. The molecule has 1 aliphatic carbocycles.